The van der Waals surface area contributed by atoms with Crippen molar-refractivity contribution in [3.05, 3.63) is 82.6 Å². The molecule has 5 heterocycles. The number of nitrogens with one attached hydrogen (secondary N) is 5. The minimum Gasteiger partial charge on any atom is -0.481 e. The van der Waals surface area contributed by atoms with Crippen LogP contribution in [0.1, 0.15) is 36.8 Å². The summed E-state index contributed by atoms with van der Waals surface area (Å²) in [4.78, 5) is 35.9. The fraction of sp³-hybridized carbons (Fsp3) is 0.324. The number of carbonyl (C=O) groups excluding carboxylic acids is 2. The Labute approximate surface area is 281 Å². The van der Waals surface area contributed by atoms with Crippen molar-refractivity contribution in [2.24, 2.45) is 0 Å². The number of benzene rings is 1. The zero-order chi connectivity index (χ0) is 33.6. The molecule has 6 rings (SSSR count). The van der Waals surface area contributed by atoms with Crippen molar-refractivity contribution in [3.63, 3.8) is 0 Å². The molecule has 2 fully saturated rings. The van der Waals surface area contributed by atoms with Gasteiger partial charge < -0.3 is 31.3 Å². The standard InChI is InChI=1S/C34H35ClF2N8O3/c1-48-34-20(16-39-18-22-7-10-28(47)43-22)5-8-25(45-34)23-12-14-40-32(31(23)37)24-3-2-4-26(29(24)35)44-33-30(36)19(11-13-41-33)15-38-17-21-6-9-27(46)42-21/h2-5,8,11-14,21-22,38-39H,6-7,9-10,15-18H2,1H3,(H,41,44)(H,42,46)(H,43,47)/t21-,22+/m0/s1. The van der Waals surface area contributed by atoms with Gasteiger partial charge in [-0.3, -0.25) is 14.6 Å². The molecule has 2 aliphatic heterocycles. The predicted octanol–water partition coefficient (Wildman–Crippen LogP) is 4.63. The second kappa shape index (κ2) is 15.0. The van der Waals surface area contributed by atoms with Crippen LogP contribution in [0.3, 0.4) is 0 Å². The molecule has 48 heavy (non-hydrogen) atoms. The van der Waals surface area contributed by atoms with Crippen molar-refractivity contribution in [2.75, 3.05) is 25.5 Å². The molecule has 2 saturated heterocycles. The van der Waals surface area contributed by atoms with Gasteiger partial charge in [0.15, 0.2) is 17.5 Å². The number of pyridine rings is 3. The third kappa shape index (κ3) is 7.53. The molecule has 14 heteroatoms. The molecule has 2 atom stereocenters. The fourth-order valence-corrected chi connectivity index (χ4v) is 6.09. The van der Waals surface area contributed by atoms with E-state index >= 15 is 8.78 Å². The van der Waals surface area contributed by atoms with Crippen molar-refractivity contribution < 1.29 is 23.1 Å². The van der Waals surface area contributed by atoms with Crippen LogP contribution in [0.15, 0.2) is 54.9 Å². The van der Waals surface area contributed by atoms with Gasteiger partial charge in [0, 0.05) is 85.8 Å². The van der Waals surface area contributed by atoms with E-state index in [2.05, 4.69) is 41.5 Å². The number of carbonyl (C=O) groups is 2. The Hall–Kier alpha value is -4.72. The minimum absolute atomic E-state index is 0.00310. The number of hydrogen-bond donors (Lipinski definition) is 5. The lowest BCUT2D eigenvalue weighted by molar-refractivity contribution is -0.120. The average Bonchev–Trinajstić information content (AvgIpc) is 3.70. The van der Waals surface area contributed by atoms with Crippen LogP contribution in [0.25, 0.3) is 22.5 Å². The van der Waals surface area contributed by atoms with Crippen LogP contribution in [-0.2, 0) is 22.7 Å². The Balaban J connectivity index is 1.17. The lowest BCUT2D eigenvalue weighted by atomic mass is 10.0. The summed E-state index contributed by atoms with van der Waals surface area (Å²) >= 11 is 6.76. The summed E-state index contributed by atoms with van der Waals surface area (Å²) in [6, 6.07) is 11.7. The summed E-state index contributed by atoms with van der Waals surface area (Å²) < 4.78 is 37.1. The molecular formula is C34H35ClF2N8O3. The van der Waals surface area contributed by atoms with Crippen LogP contribution in [0.2, 0.25) is 5.02 Å². The highest BCUT2D eigenvalue weighted by Crippen LogP contribution is 2.38. The lowest BCUT2D eigenvalue weighted by Crippen LogP contribution is -2.35. The van der Waals surface area contributed by atoms with Gasteiger partial charge in [0.2, 0.25) is 17.7 Å². The van der Waals surface area contributed by atoms with E-state index in [1.807, 2.05) is 6.07 Å². The topological polar surface area (TPSA) is 142 Å². The number of amides is 2. The molecule has 0 saturated carbocycles. The van der Waals surface area contributed by atoms with Crippen LogP contribution in [-0.4, -0.2) is 59.0 Å². The van der Waals surface area contributed by atoms with Crippen LogP contribution in [0.5, 0.6) is 5.88 Å². The number of nitrogens with zero attached hydrogens (tertiary/aromatic N) is 3. The molecule has 0 aliphatic carbocycles. The first kappa shape index (κ1) is 33.2. The normalized spacial score (nSPS) is 17.3. The van der Waals surface area contributed by atoms with Gasteiger partial charge in [-0.25, -0.2) is 18.7 Å². The van der Waals surface area contributed by atoms with E-state index in [9.17, 15) is 9.59 Å². The van der Waals surface area contributed by atoms with Crippen LogP contribution >= 0.6 is 11.6 Å². The Morgan fingerprint density at radius 2 is 1.54 bits per heavy atom. The van der Waals surface area contributed by atoms with Crippen LogP contribution in [0, 0.1) is 11.6 Å². The first-order valence-electron chi connectivity index (χ1n) is 15.7. The number of anilines is 2. The lowest BCUT2D eigenvalue weighted by Gasteiger charge is -2.15. The summed E-state index contributed by atoms with van der Waals surface area (Å²) in [5, 5.41) is 15.4. The van der Waals surface area contributed by atoms with Crippen molar-refractivity contribution in [1.29, 1.82) is 0 Å². The Bertz CT molecular complexity index is 1830. The zero-order valence-corrected chi connectivity index (χ0v) is 27.0. The molecule has 4 aromatic rings. The summed E-state index contributed by atoms with van der Waals surface area (Å²) in [5.41, 5.74) is 2.32. The smallest absolute Gasteiger partial charge is 0.220 e. The predicted molar refractivity (Wildman–Crippen MR) is 178 cm³/mol. The van der Waals surface area contributed by atoms with Gasteiger partial charge in [0.1, 0.15) is 5.69 Å². The number of aromatic nitrogens is 3. The molecule has 0 unspecified atom stereocenters. The molecule has 2 amide bonds. The van der Waals surface area contributed by atoms with Crippen LogP contribution < -0.4 is 31.3 Å². The van der Waals surface area contributed by atoms with Gasteiger partial charge in [0.25, 0.3) is 0 Å². The van der Waals surface area contributed by atoms with E-state index in [0.717, 1.165) is 18.4 Å². The van der Waals surface area contributed by atoms with Crippen molar-refractivity contribution >= 4 is 34.9 Å². The van der Waals surface area contributed by atoms with E-state index in [1.54, 1.807) is 30.3 Å². The van der Waals surface area contributed by atoms with Crippen molar-refractivity contribution in [2.45, 2.75) is 50.9 Å². The first-order chi connectivity index (χ1) is 23.3. The van der Waals surface area contributed by atoms with Crippen molar-refractivity contribution in [1.82, 2.24) is 36.2 Å². The van der Waals surface area contributed by atoms with Gasteiger partial charge >= 0.3 is 0 Å². The Morgan fingerprint density at radius 3 is 2.21 bits per heavy atom. The monoisotopic (exact) mass is 676 g/mol. The number of methoxy groups -OCH3 is 1. The molecular weight excluding hydrogens is 642 g/mol. The largest absolute Gasteiger partial charge is 0.481 e. The molecule has 250 valence electrons. The maximum atomic E-state index is 16.1. The van der Waals surface area contributed by atoms with Gasteiger partial charge in [-0.1, -0.05) is 29.8 Å². The molecule has 5 N–H and O–H groups in total. The quantitative estimate of drug-likeness (QED) is 0.137. The Morgan fingerprint density at radius 1 is 0.854 bits per heavy atom. The number of rotatable bonds is 13. The molecule has 3 aromatic heterocycles. The van der Waals surface area contributed by atoms with Crippen LogP contribution in [0.4, 0.5) is 20.3 Å². The highest BCUT2D eigenvalue weighted by molar-refractivity contribution is 6.36. The summed E-state index contributed by atoms with van der Waals surface area (Å²) in [7, 11) is 1.50. The number of hydrogen-bond acceptors (Lipinski definition) is 9. The zero-order valence-electron chi connectivity index (χ0n) is 26.2. The third-order valence-electron chi connectivity index (χ3n) is 8.36. The fourth-order valence-electron chi connectivity index (χ4n) is 5.83. The summed E-state index contributed by atoms with van der Waals surface area (Å²) in [6.07, 6.45) is 5.51. The molecule has 11 nitrogen and oxygen atoms in total. The SMILES string of the molecule is COc1nc(-c2ccnc(-c3cccc(Nc4nccc(CNC[C@@H]5CCC(=O)N5)c4F)c3Cl)c2F)ccc1CNC[C@H]1CCC(=O)N1. The van der Waals surface area contributed by atoms with Gasteiger partial charge in [-0.2, -0.15) is 0 Å². The number of ether oxygens (including phenoxy) is 1. The van der Waals surface area contributed by atoms with E-state index in [0.29, 0.717) is 60.9 Å². The molecule has 0 spiro atoms. The average molecular weight is 677 g/mol. The maximum absolute atomic E-state index is 16.1. The second-order valence-corrected chi connectivity index (χ2v) is 12.1. The van der Waals surface area contributed by atoms with Gasteiger partial charge in [0.05, 0.1) is 23.5 Å². The molecule has 0 bridgehead atoms. The van der Waals surface area contributed by atoms with Gasteiger partial charge in [-0.15, -0.1) is 0 Å². The highest BCUT2D eigenvalue weighted by Gasteiger charge is 2.23. The van der Waals surface area contributed by atoms with Gasteiger partial charge in [-0.05, 0) is 37.1 Å². The van der Waals surface area contributed by atoms with E-state index in [1.165, 1.54) is 25.6 Å². The minimum atomic E-state index is -0.634. The van der Waals surface area contributed by atoms with E-state index in [-0.39, 0.29) is 52.5 Å². The Kier molecular flexibility index (Phi) is 10.4. The second-order valence-electron chi connectivity index (χ2n) is 11.7. The highest BCUT2D eigenvalue weighted by atomic mass is 35.5. The number of halogens is 3. The third-order valence-corrected chi connectivity index (χ3v) is 8.76. The van der Waals surface area contributed by atoms with Crippen molar-refractivity contribution in [3.8, 4) is 28.4 Å². The maximum Gasteiger partial charge on any atom is 0.220 e. The molecule has 2 aliphatic rings. The summed E-state index contributed by atoms with van der Waals surface area (Å²) in [6.45, 7) is 1.83. The molecule has 0 radical (unpaired) electrons. The first-order valence-corrected chi connectivity index (χ1v) is 16.1. The van der Waals surface area contributed by atoms with E-state index < -0.39 is 11.6 Å². The molecule has 1 aromatic carbocycles. The summed E-state index contributed by atoms with van der Waals surface area (Å²) in [5.74, 6) is -0.810. The van der Waals surface area contributed by atoms with E-state index in [4.69, 9.17) is 16.3 Å².